The molecular formula is C15H19N3O. The highest BCUT2D eigenvalue weighted by atomic mass is 16.2. The summed E-state index contributed by atoms with van der Waals surface area (Å²) in [5, 5.41) is 15.7. The van der Waals surface area contributed by atoms with Crippen LogP contribution in [0.25, 0.3) is 16.7 Å². The average Bonchev–Trinajstić information content (AvgIpc) is 2.85. The second-order valence-corrected chi connectivity index (χ2v) is 3.86. The molecule has 1 N–H and O–H groups in total. The van der Waals surface area contributed by atoms with E-state index in [4.69, 9.17) is 5.11 Å². The maximum Gasteiger partial charge on any atom is 0.113 e. The van der Waals surface area contributed by atoms with Crippen LogP contribution in [0.3, 0.4) is 0 Å². The van der Waals surface area contributed by atoms with E-state index in [-0.39, 0.29) is 0 Å². The standard InChI is InChI=1S/C14H15N3.CH4O/c1-4-7-11(2)10-12(3)17-15-13-8-5-6-9-14(13)16-17;1-2/h4-10H,3H2,1-2H3;2H,1H3/b7-4-,11-10-;. The van der Waals surface area contributed by atoms with Crippen molar-refractivity contribution in [2.75, 3.05) is 7.11 Å². The SMILES string of the molecule is C=C(/C=C(C)\C=C/C)n1nc2ccccc2n1.CO. The minimum atomic E-state index is 0.761. The summed E-state index contributed by atoms with van der Waals surface area (Å²) in [4.78, 5) is 1.57. The zero-order valence-electron chi connectivity index (χ0n) is 11.5. The van der Waals surface area contributed by atoms with Gasteiger partial charge in [0.25, 0.3) is 0 Å². The van der Waals surface area contributed by atoms with E-state index in [9.17, 15) is 0 Å². The van der Waals surface area contributed by atoms with E-state index in [1.54, 1.807) is 4.80 Å². The van der Waals surface area contributed by atoms with Crippen molar-refractivity contribution in [3.63, 3.8) is 0 Å². The second-order valence-electron chi connectivity index (χ2n) is 3.86. The fourth-order valence-electron chi connectivity index (χ4n) is 1.62. The van der Waals surface area contributed by atoms with Crippen molar-refractivity contribution >= 4 is 16.7 Å². The Kier molecular flexibility index (Phi) is 5.70. The Morgan fingerprint density at radius 3 is 2.21 bits per heavy atom. The molecule has 1 aromatic carbocycles. The molecule has 4 nitrogen and oxygen atoms in total. The van der Waals surface area contributed by atoms with Crippen molar-refractivity contribution in [1.29, 1.82) is 0 Å². The molecule has 19 heavy (non-hydrogen) atoms. The molecule has 0 saturated heterocycles. The molecule has 0 bridgehead atoms. The summed E-state index contributed by atoms with van der Waals surface area (Å²) >= 11 is 0. The molecule has 1 aromatic heterocycles. The molecule has 0 amide bonds. The first-order chi connectivity index (χ1) is 9.20. The van der Waals surface area contributed by atoms with Crippen LogP contribution in [0.15, 0.2) is 54.6 Å². The van der Waals surface area contributed by atoms with Crippen molar-refractivity contribution in [2.45, 2.75) is 13.8 Å². The maximum atomic E-state index is 7.00. The number of aromatic nitrogens is 3. The number of aliphatic hydroxyl groups is 1. The van der Waals surface area contributed by atoms with Gasteiger partial charge in [-0.2, -0.15) is 4.80 Å². The molecule has 0 unspecified atom stereocenters. The van der Waals surface area contributed by atoms with Crippen LogP contribution in [0.1, 0.15) is 13.8 Å². The largest absolute Gasteiger partial charge is 0.400 e. The van der Waals surface area contributed by atoms with Gasteiger partial charge in [-0.25, -0.2) is 0 Å². The van der Waals surface area contributed by atoms with Gasteiger partial charge in [0.05, 0.1) is 5.70 Å². The van der Waals surface area contributed by atoms with Crippen LogP contribution in [0, 0.1) is 0 Å². The molecular weight excluding hydrogens is 238 g/mol. The molecule has 2 aromatic rings. The molecule has 0 radical (unpaired) electrons. The Labute approximate surface area is 113 Å². The Bertz CT molecular complexity index is 576. The minimum Gasteiger partial charge on any atom is -0.400 e. The van der Waals surface area contributed by atoms with Gasteiger partial charge >= 0.3 is 0 Å². The summed E-state index contributed by atoms with van der Waals surface area (Å²) in [6.45, 7) is 7.98. The van der Waals surface area contributed by atoms with Crippen LogP contribution < -0.4 is 0 Å². The third kappa shape index (κ3) is 3.89. The van der Waals surface area contributed by atoms with E-state index < -0.39 is 0 Å². The zero-order chi connectivity index (χ0) is 14.3. The zero-order valence-corrected chi connectivity index (χ0v) is 11.5. The number of hydrogen-bond acceptors (Lipinski definition) is 3. The molecule has 100 valence electrons. The summed E-state index contributed by atoms with van der Waals surface area (Å²) in [7, 11) is 1.00. The molecule has 0 atom stereocenters. The van der Waals surface area contributed by atoms with Crippen molar-refractivity contribution in [1.82, 2.24) is 15.0 Å². The van der Waals surface area contributed by atoms with Crippen LogP contribution >= 0.6 is 0 Å². The summed E-state index contributed by atoms with van der Waals surface area (Å²) in [5.41, 5.74) is 3.65. The van der Waals surface area contributed by atoms with Crippen molar-refractivity contribution in [3.05, 3.63) is 54.6 Å². The fraction of sp³-hybridized carbons (Fsp3) is 0.200. The van der Waals surface area contributed by atoms with Gasteiger partial charge in [0.15, 0.2) is 0 Å². The van der Waals surface area contributed by atoms with Crippen molar-refractivity contribution in [3.8, 4) is 0 Å². The van der Waals surface area contributed by atoms with Crippen LogP contribution in [-0.4, -0.2) is 27.2 Å². The number of nitrogens with zero attached hydrogens (tertiary/aromatic N) is 3. The number of rotatable bonds is 3. The van der Waals surface area contributed by atoms with Gasteiger partial charge in [-0.15, -0.1) is 10.2 Å². The smallest absolute Gasteiger partial charge is 0.113 e. The number of aliphatic hydroxyl groups excluding tert-OH is 1. The highest BCUT2D eigenvalue weighted by Crippen LogP contribution is 2.11. The van der Waals surface area contributed by atoms with Gasteiger partial charge < -0.3 is 5.11 Å². The number of allylic oxidation sites excluding steroid dienone is 5. The summed E-state index contributed by atoms with van der Waals surface area (Å²) in [5.74, 6) is 0. The lowest BCUT2D eigenvalue weighted by molar-refractivity contribution is 0.399. The lowest BCUT2D eigenvalue weighted by Crippen LogP contribution is -1.98. The lowest BCUT2D eigenvalue weighted by atomic mass is 10.2. The van der Waals surface area contributed by atoms with Crippen LogP contribution in [0.5, 0.6) is 0 Å². The van der Waals surface area contributed by atoms with E-state index in [1.807, 2.05) is 56.3 Å². The number of hydrogen-bond donors (Lipinski definition) is 1. The summed E-state index contributed by atoms with van der Waals surface area (Å²) in [6.07, 6.45) is 5.97. The predicted molar refractivity (Wildman–Crippen MR) is 79.6 cm³/mol. The highest BCUT2D eigenvalue weighted by Gasteiger charge is 2.02. The molecule has 0 spiro atoms. The van der Waals surface area contributed by atoms with E-state index in [2.05, 4.69) is 16.8 Å². The third-order valence-electron chi connectivity index (χ3n) is 2.37. The Morgan fingerprint density at radius 2 is 1.74 bits per heavy atom. The summed E-state index contributed by atoms with van der Waals surface area (Å²) in [6, 6.07) is 7.78. The first-order valence-corrected chi connectivity index (χ1v) is 5.98. The van der Waals surface area contributed by atoms with Gasteiger partial charge in [-0.05, 0) is 37.6 Å². The van der Waals surface area contributed by atoms with Gasteiger partial charge in [-0.1, -0.05) is 30.9 Å². The Morgan fingerprint density at radius 1 is 1.21 bits per heavy atom. The molecule has 4 heteroatoms. The van der Waals surface area contributed by atoms with Crippen LogP contribution in [0.2, 0.25) is 0 Å². The molecule has 0 fully saturated rings. The Hall–Kier alpha value is -2.20. The maximum absolute atomic E-state index is 7.00. The predicted octanol–water partition coefficient (Wildman–Crippen LogP) is 3.03. The topological polar surface area (TPSA) is 50.9 Å². The molecule has 0 aliphatic rings. The monoisotopic (exact) mass is 257 g/mol. The molecule has 1 heterocycles. The molecule has 0 aliphatic carbocycles. The summed E-state index contributed by atoms with van der Waals surface area (Å²) < 4.78 is 0. The molecule has 0 aliphatic heterocycles. The third-order valence-corrected chi connectivity index (χ3v) is 2.37. The van der Waals surface area contributed by atoms with Gasteiger partial charge in [0, 0.05) is 7.11 Å². The van der Waals surface area contributed by atoms with E-state index in [0.717, 1.165) is 29.4 Å². The second kappa shape index (κ2) is 7.28. The Balaban J connectivity index is 0.000000861. The van der Waals surface area contributed by atoms with Crippen molar-refractivity contribution < 1.29 is 5.11 Å². The van der Waals surface area contributed by atoms with E-state index in [1.165, 1.54) is 0 Å². The normalized spacial score (nSPS) is 11.5. The fourth-order valence-corrected chi connectivity index (χ4v) is 1.62. The molecule has 2 rings (SSSR count). The van der Waals surface area contributed by atoms with E-state index in [0.29, 0.717) is 0 Å². The quantitative estimate of drug-likeness (QED) is 0.860. The van der Waals surface area contributed by atoms with Gasteiger partial charge in [0.2, 0.25) is 0 Å². The first-order valence-electron chi connectivity index (χ1n) is 5.98. The van der Waals surface area contributed by atoms with Crippen LogP contribution in [-0.2, 0) is 0 Å². The first kappa shape index (κ1) is 14.9. The van der Waals surface area contributed by atoms with Crippen LogP contribution in [0.4, 0.5) is 0 Å². The minimum absolute atomic E-state index is 0.761. The molecule has 0 saturated carbocycles. The number of benzene rings is 1. The van der Waals surface area contributed by atoms with Gasteiger partial charge in [0.1, 0.15) is 11.0 Å². The van der Waals surface area contributed by atoms with E-state index >= 15 is 0 Å². The number of fused-ring (bicyclic) bond motifs is 1. The lowest BCUT2D eigenvalue weighted by Gasteiger charge is -1.98. The average molecular weight is 257 g/mol. The van der Waals surface area contributed by atoms with Crippen molar-refractivity contribution in [2.24, 2.45) is 0 Å². The highest BCUT2D eigenvalue weighted by molar-refractivity contribution is 5.74. The van der Waals surface area contributed by atoms with Gasteiger partial charge in [-0.3, -0.25) is 0 Å².